The maximum Gasteiger partial charge on any atom is 0.224 e. The van der Waals surface area contributed by atoms with Crippen LogP contribution in [0.4, 0.5) is 0 Å². The van der Waals surface area contributed by atoms with E-state index in [4.69, 9.17) is 0 Å². The highest BCUT2D eigenvalue weighted by atomic mass is 16.2. The van der Waals surface area contributed by atoms with E-state index < -0.39 is 0 Å². The van der Waals surface area contributed by atoms with Crippen molar-refractivity contribution in [1.29, 1.82) is 0 Å². The molecule has 1 N–H and O–H groups in total. The minimum atomic E-state index is 0.0153. The fraction of sp³-hybridized carbons (Fsp3) is 0.409. The van der Waals surface area contributed by atoms with Gasteiger partial charge in [0.15, 0.2) is 0 Å². The Labute approximate surface area is 159 Å². The minimum absolute atomic E-state index is 0.0153. The summed E-state index contributed by atoms with van der Waals surface area (Å²) < 4.78 is 0. The van der Waals surface area contributed by atoms with Gasteiger partial charge in [-0.3, -0.25) is 14.6 Å². The normalized spacial score (nSPS) is 23.4. The first-order valence-electron chi connectivity index (χ1n) is 9.65. The molecule has 1 saturated heterocycles. The van der Waals surface area contributed by atoms with Crippen molar-refractivity contribution in [3.05, 3.63) is 66.0 Å². The average Bonchev–Trinajstić information content (AvgIpc) is 3.25. The number of benzene rings is 1. The Morgan fingerprint density at radius 1 is 1.15 bits per heavy atom. The Kier molecular flexibility index (Phi) is 4.92. The lowest BCUT2D eigenvalue weighted by molar-refractivity contribution is -0.130. The minimum Gasteiger partial charge on any atom is -0.352 e. The predicted molar refractivity (Wildman–Crippen MR) is 103 cm³/mol. The third kappa shape index (κ3) is 4.02. The summed E-state index contributed by atoms with van der Waals surface area (Å²) in [6.07, 6.45) is 6.65. The van der Waals surface area contributed by atoms with Crippen molar-refractivity contribution in [2.24, 2.45) is 11.3 Å². The van der Waals surface area contributed by atoms with E-state index in [0.717, 1.165) is 37.9 Å². The maximum absolute atomic E-state index is 12.5. The number of amides is 2. The number of hydrogen-bond acceptors (Lipinski definition) is 3. The molecule has 1 aromatic carbocycles. The molecule has 1 saturated carbocycles. The van der Waals surface area contributed by atoms with Crippen molar-refractivity contribution in [3.8, 4) is 0 Å². The molecular weight excluding hydrogens is 338 g/mol. The number of aryl methyl sites for hydroxylation is 1. The molecule has 1 aliphatic heterocycles. The van der Waals surface area contributed by atoms with Crippen molar-refractivity contribution in [3.63, 3.8) is 0 Å². The molecule has 0 radical (unpaired) electrons. The van der Waals surface area contributed by atoms with Crippen LogP contribution >= 0.6 is 0 Å². The van der Waals surface area contributed by atoms with Gasteiger partial charge in [0.1, 0.15) is 0 Å². The molecule has 2 unspecified atom stereocenters. The zero-order valence-electron chi connectivity index (χ0n) is 15.4. The number of pyridine rings is 1. The number of rotatable bonds is 6. The van der Waals surface area contributed by atoms with Crippen LogP contribution in [-0.4, -0.2) is 34.8 Å². The van der Waals surface area contributed by atoms with Crippen LogP contribution in [0.5, 0.6) is 0 Å². The van der Waals surface area contributed by atoms with Gasteiger partial charge in [0, 0.05) is 49.8 Å². The summed E-state index contributed by atoms with van der Waals surface area (Å²) in [5, 5.41) is 3.02. The monoisotopic (exact) mass is 363 g/mol. The number of carbonyl (C=O) groups is 2. The van der Waals surface area contributed by atoms with Gasteiger partial charge < -0.3 is 10.2 Å². The molecule has 1 aromatic heterocycles. The van der Waals surface area contributed by atoms with E-state index in [-0.39, 0.29) is 23.1 Å². The summed E-state index contributed by atoms with van der Waals surface area (Å²) in [5.41, 5.74) is 2.21. The van der Waals surface area contributed by atoms with E-state index >= 15 is 0 Å². The fourth-order valence-electron chi connectivity index (χ4n) is 4.15. The van der Waals surface area contributed by atoms with E-state index in [2.05, 4.69) is 22.4 Å². The largest absolute Gasteiger partial charge is 0.352 e. The van der Waals surface area contributed by atoms with Gasteiger partial charge in [0.2, 0.25) is 11.8 Å². The third-order valence-electron chi connectivity index (χ3n) is 5.90. The highest BCUT2D eigenvalue weighted by Gasteiger charge is 2.61. The van der Waals surface area contributed by atoms with Crippen LogP contribution in [0.1, 0.15) is 30.4 Å². The van der Waals surface area contributed by atoms with Crippen molar-refractivity contribution in [2.75, 3.05) is 13.1 Å². The molecule has 2 amide bonds. The number of aromatic nitrogens is 1. The van der Waals surface area contributed by atoms with Crippen molar-refractivity contribution in [2.45, 2.75) is 32.2 Å². The van der Waals surface area contributed by atoms with Crippen molar-refractivity contribution in [1.82, 2.24) is 15.2 Å². The van der Waals surface area contributed by atoms with E-state index in [9.17, 15) is 9.59 Å². The molecule has 2 heterocycles. The summed E-state index contributed by atoms with van der Waals surface area (Å²) in [6, 6.07) is 13.9. The first-order chi connectivity index (χ1) is 13.2. The molecule has 1 spiro atoms. The molecule has 0 bridgehead atoms. The molecule has 2 aliphatic rings. The second kappa shape index (κ2) is 7.51. The lowest BCUT2D eigenvalue weighted by Gasteiger charge is -2.17. The van der Waals surface area contributed by atoms with Crippen LogP contribution in [0.3, 0.4) is 0 Å². The van der Waals surface area contributed by atoms with Gasteiger partial charge in [0.25, 0.3) is 0 Å². The van der Waals surface area contributed by atoms with Gasteiger partial charge in [-0.2, -0.15) is 0 Å². The van der Waals surface area contributed by atoms with Crippen LogP contribution in [0.2, 0.25) is 0 Å². The number of likely N-dealkylation sites (tertiary alicyclic amines) is 1. The number of carbonyl (C=O) groups excluding carboxylic acids is 2. The van der Waals surface area contributed by atoms with Crippen LogP contribution < -0.4 is 5.32 Å². The van der Waals surface area contributed by atoms with E-state index in [1.54, 1.807) is 12.4 Å². The van der Waals surface area contributed by atoms with Gasteiger partial charge in [-0.1, -0.05) is 36.4 Å². The maximum atomic E-state index is 12.5. The Bertz CT molecular complexity index is 753. The zero-order chi connectivity index (χ0) is 18.7. The van der Waals surface area contributed by atoms with E-state index in [1.165, 1.54) is 5.56 Å². The standard InChI is InChI=1S/C22H25N3O2/c26-20(9-8-17-5-2-1-3-6-17)25-12-10-22(16-25)13-19(22)21(27)24-15-18-7-4-11-23-14-18/h1-7,11,14,19H,8-10,12-13,15-16H2,(H,24,27). The van der Waals surface area contributed by atoms with Crippen LogP contribution in [0.15, 0.2) is 54.9 Å². The van der Waals surface area contributed by atoms with Crippen molar-refractivity contribution >= 4 is 11.8 Å². The Balaban J connectivity index is 1.24. The molecule has 140 valence electrons. The number of nitrogens with zero attached hydrogens (tertiary/aromatic N) is 2. The lowest BCUT2D eigenvalue weighted by Crippen LogP contribution is -2.31. The van der Waals surface area contributed by atoms with Gasteiger partial charge in [-0.05, 0) is 36.5 Å². The van der Waals surface area contributed by atoms with Crippen LogP contribution in [-0.2, 0) is 22.6 Å². The highest BCUT2D eigenvalue weighted by Crippen LogP contribution is 2.58. The number of nitrogens with one attached hydrogen (secondary N) is 1. The smallest absolute Gasteiger partial charge is 0.224 e. The van der Waals surface area contributed by atoms with E-state index in [1.807, 2.05) is 35.2 Å². The quantitative estimate of drug-likeness (QED) is 0.858. The fourth-order valence-corrected chi connectivity index (χ4v) is 4.15. The van der Waals surface area contributed by atoms with Crippen LogP contribution in [0.25, 0.3) is 0 Å². The summed E-state index contributed by atoms with van der Waals surface area (Å²) in [7, 11) is 0. The molecule has 1 aliphatic carbocycles. The highest BCUT2D eigenvalue weighted by molar-refractivity contribution is 5.83. The van der Waals surface area contributed by atoms with E-state index in [0.29, 0.717) is 13.0 Å². The first-order valence-corrected chi connectivity index (χ1v) is 9.65. The second-order valence-corrected chi connectivity index (χ2v) is 7.75. The Morgan fingerprint density at radius 3 is 2.74 bits per heavy atom. The number of hydrogen-bond donors (Lipinski definition) is 1. The Morgan fingerprint density at radius 2 is 1.96 bits per heavy atom. The molecule has 2 fully saturated rings. The topological polar surface area (TPSA) is 62.3 Å². The molecule has 27 heavy (non-hydrogen) atoms. The van der Waals surface area contributed by atoms with Gasteiger partial charge >= 0.3 is 0 Å². The molecule has 5 heteroatoms. The molecule has 5 nitrogen and oxygen atoms in total. The molecular formula is C22H25N3O2. The molecule has 4 rings (SSSR count). The first kappa shape index (κ1) is 17.7. The van der Waals surface area contributed by atoms with Gasteiger partial charge in [0.05, 0.1) is 0 Å². The Hall–Kier alpha value is -2.69. The zero-order valence-corrected chi connectivity index (χ0v) is 15.4. The summed E-state index contributed by atoms with van der Waals surface area (Å²) in [6.45, 7) is 2.02. The summed E-state index contributed by atoms with van der Waals surface area (Å²) in [4.78, 5) is 31.1. The third-order valence-corrected chi connectivity index (χ3v) is 5.90. The SMILES string of the molecule is O=C(NCc1cccnc1)C1CC12CCN(C(=O)CCc1ccccc1)C2. The van der Waals surface area contributed by atoms with Gasteiger partial charge in [-0.25, -0.2) is 0 Å². The van der Waals surface area contributed by atoms with Crippen molar-refractivity contribution < 1.29 is 9.59 Å². The molecule has 2 aromatic rings. The second-order valence-electron chi connectivity index (χ2n) is 7.75. The average molecular weight is 363 g/mol. The summed E-state index contributed by atoms with van der Waals surface area (Å²) in [5.74, 6) is 0.357. The molecule has 2 atom stereocenters. The predicted octanol–water partition coefficient (Wildman–Crippen LogP) is 2.57. The summed E-state index contributed by atoms with van der Waals surface area (Å²) >= 11 is 0. The lowest BCUT2D eigenvalue weighted by atomic mass is 10.0. The van der Waals surface area contributed by atoms with Gasteiger partial charge in [-0.15, -0.1) is 0 Å². The van der Waals surface area contributed by atoms with Crippen LogP contribution in [0, 0.1) is 11.3 Å².